The standard InChI is InChI=1S/C16H14O/c1-2-11-17-16-14-9-5-3-7-12(14)13-8-4-6-10-15(13)16/h2-10,16H,1,11H2. The second-order valence-electron chi connectivity index (χ2n) is 4.18. The van der Waals surface area contributed by atoms with Crippen molar-refractivity contribution in [1.82, 2.24) is 0 Å². The van der Waals surface area contributed by atoms with Crippen molar-refractivity contribution < 1.29 is 4.74 Å². The second-order valence-corrected chi connectivity index (χ2v) is 4.18. The minimum absolute atomic E-state index is 0.0559. The quantitative estimate of drug-likeness (QED) is 0.714. The molecule has 0 bridgehead atoms. The van der Waals surface area contributed by atoms with Gasteiger partial charge in [0.1, 0.15) is 6.10 Å². The first kappa shape index (κ1) is 10.3. The van der Waals surface area contributed by atoms with Crippen molar-refractivity contribution in [2.24, 2.45) is 0 Å². The van der Waals surface area contributed by atoms with Gasteiger partial charge >= 0.3 is 0 Å². The maximum Gasteiger partial charge on any atom is 0.109 e. The highest BCUT2D eigenvalue weighted by Crippen LogP contribution is 2.44. The van der Waals surface area contributed by atoms with E-state index in [1.165, 1.54) is 22.3 Å². The van der Waals surface area contributed by atoms with Crippen LogP contribution in [0.4, 0.5) is 0 Å². The summed E-state index contributed by atoms with van der Waals surface area (Å²) in [7, 11) is 0. The molecule has 1 aliphatic rings. The van der Waals surface area contributed by atoms with Gasteiger partial charge in [-0.1, -0.05) is 54.6 Å². The van der Waals surface area contributed by atoms with Crippen molar-refractivity contribution in [3.05, 3.63) is 72.3 Å². The second kappa shape index (κ2) is 4.19. The minimum atomic E-state index is 0.0559. The van der Waals surface area contributed by atoms with Gasteiger partial charge in [-0.15, -0.1) is 6.58 Å². The lowest BCUT2D eigenvalue weighted by molar-refractivity contribution is 0.108. The number of rotatable bonds is 3. The molecular formula is C16H14O. The molecule has 1 aliphatic carbocycles. The third kappa shape index (κ3) is 1.60. The molecule has 0 N–H and O–H groups in total. The molecule has 2 aromatic rings. The van der Waals surface area contributed by atoms with E-state index in [2.05, 4.69) is 55.1 Å². The van der Waals surface area contributed by atoms with Gasteiger partial charge < -0.3 is 4.74 Å². The molecule has 0 spiro atoms. The van der Waals surface area contributed by atoms with E-state index in [1.807, 2.05) is 0 Å². The van der Waals surface area contributed by atoms with Gasteiger partial charge in [0.25, 0.3) is 0 Å². The first-order chi connectivity index (χ1) is 8.42. The van der Waals surface area contributed by atoms with Gasteiger partial charge in [-0.2, -0.15) is 0 Å². The molecular weight excluding hydrogens is 208 g/mol. The van der Waals surface area contributed by atoms with Crippen LogP contribution < -0.4 is 0 Å². The fraction of sp³-hybridized carbons (Fsp3) is 0.125. The predicted molar refractivity (Wildman–Crippen MR) is 69.9 cm³/mol. The number of hydrogen-bond acceptors (Lipinski definition) is 1. The summed E-state index contributed by atoms with van der Waals surface area (Å²) in [4.78, 5) is 0. The molecule has 0 unspecified atom stereocenters. The Hall–Kier alpha value is -1.86. The largest absolute Gasteiger partial charge is 0.365 e. The molecule has 17 heavy (non-hydrogen) atoms. The van der Waals surface area contributed by atoms with Gasteiger partial charge in [0.05, 0.1) is 6.61 Å². The van der Waals surface area contributed by atoms with E-state index in [9.17, 15) is 0 Å². The zero-order chi connectivity index (χ0) is 11.7. The predicted octanol–water partition coefficient (Wildman–Crippen LogP) is 3.96. The van der Waals surface area contributed by atoms with Crippen molar-refractivity contribution in [2.75, 3.05) is 6.61 Å². The zero-order valence-corrected chi connectivity index (χ0v) is 9.60. The maximum absolute atomic E-state index is 5.89. The molecule has 0 heterocycles. The highest BCUT2D eigenvalue weighted by atomic mass is 16.5. The lowest BCUT2D eigenvalue weighted by Crippen LogP contribution is -2.02. The lowest BCUT2D eigenvalue weighted by atomic mass is 10.1. The Morgan fingerprint density at radius 1 is 0.941 bits per heavy atom. The first-order valence-electron chi connectivity index (χ1n) is 5.82. The zero-order valence-electron chi connectivity index (χ0n) is 9.60. The Morgan fingerprint density at radius 2 is 1.47 bits per heavy atom. The molecule has 1 nitrogen and oxygen atoms in total. The monoisotopic (exact) mass is 222 g/mol. The smallest absolute Gasteiger partial charge is 0.109 e. The summed E-state index contributed by atoms with van der Waals surface area (Å²) in [5, 5.41) is 0. The van der Waals surface area contributed by atoms with Gasteiger partial charge in [0.15, 0.2) is 0 Å². The topological polar surface area (TPSA) is 9.23 Å². The van der Waals surface area contributed by atoms with Crippen LogP contribution in [0.25, 0.3) is 11.1 Å². The first-order valence-corrected chi connectivity index (χ1v) is 5.82. The van der Waals surface area contributed by atoms with Gasteiger partial charge in [0, 0.05) is 0 Å². The average molecular weight is 222 g/mol. The van der Waals surface area contributed by atoms with Crippen LogP contribution in [0.5, 0.6) is 0 Å². The molecule has 0 amide bonds. The third-order valence-corrected chi connectivity index (χ3v) is 3.16. The Bertz CT molecular complexity index is 511. The summed E-state index contributed by atoms with van der Waals surface area (Å²) in [6, 6.07) is 16.9. The summed E-state index contributed by atoms with van der Waals surface area (Å²) in [6.45, 7) is 4.29. The molecule has 84 valence electrons. The van der Waals surface area contributed by atoms with Gasteiger partial charge in [-0.05, 0) is 22.3 Å². The van der Waals surface area contributed by atoms with Gasteiger partial charge in [0.2, 0.25) is 0 Å². The normalized spacial score (nSPS) is 13.2. The van der Waals surface area contributed by atoms with E-state index in [0.717, 1.165) is 0 Å². The van der Waals surface area contributed by atoms with Crippen LogP contribution >= 0.6 is 0 Å². The van der Waals surface area contributed by atoms with E-state index in [0.29, 0.717) is 6.61 Å². The van der Waals surface area contributed by atoms with Crippen LogP contribution in [-0.2, 0) is 4.74 Å². The molecule has 0 aromatic heterocycles. The molecule has 2 aromatic carbocycles. The van der Waals surface area contributed by atoms with Gasteiger partial charge in [-0.25, -0.2) is 0 Å². The van der Waals surface area contributed by atoms with Crippen LogP contribution in [0, 0.1) is 0 Å². The Labute approximate surface area is 101 Å². The van der Waals surface area contributed by atoms with Crippen molar-refractivity contribution in [3.63, 3.8) is 0 Å². The van der Waals surface area contributed by atoms with E-state index in [4.69, 9.17) is 4.74 Å². The van der Waals surface area contributed by atoms with E-state index in [-0.39, 0.29) is 6.10 Å². The molecule has 0 radical (unpaired) electrons. The molecule has 0 saturated heterocycles. The van der Waals surface area contributed by atoms with Crippen LogP contribution in [0.3, 0.4) is 0 Å². The van der Waals surface area contributed by atoms with E-state index >= 15 is 0 Å². The van der Waals surface area contributed by atoms with E-state index in [1.54, 1.807) is 6.08 Å². The number of benzene rings is 2. The highest BCUT2D eigenvalue weighted by molar-refractivity contribution is 5.77. The van der Waals surface area contributed by atoms with Crippen LogP contribution in [0.15, 0.2) is 61.2 Å². The number of fused-ring (bicyclic) bond motifs is 3. The third-order valence-electron chi connectivity index (χ3n) is 3.16. The number of ether oxygens (including phenoxy) is 1. The van der Waals surface area contributed by atoms with Crippen molar-refractivity contribution in [1.29, 1.82) is 0 Å². The summed E-state index contributed by atoms with van der Waals surface area (Å²) >= 11 is 0. The molecule has 0 saturated carbocycles. The average Bonchev–Trinajstić information content (AvgIpc) is 2.71. The van der Waals surface area contributed by atoms with Crippen molar-refractivity contribution in [2.45, 2.75) is 6.10 Å². The van der Waals surface area contributed by atoms with Gasteiger partial charge in [-0.3, -0.25) is 0 Å². The molecule has 0 fully saturated rings. The summed E-state index contributed by atoms with van der Waals surface area (Å²) in [5.41, 5.74) is 5.10. The maximum atomic E-state index is 5.89. The summed E-state index contributed by atoms with van der Waals surface area (Å²) in [5.74, 6) is 0. The summed E-state index contributed by atoms with van der Waals surface area (Å²) in [6.07, 6.45) is 1.85. The minimum Gasteiger partial charge on any atom is -0.365 e. The van der Waals surface area contributed by atoms with E-state index < -0.39 is 0 Å². The number of hydrogen-bond donors (Lipinski definition) is 0. The summed E-state index contributed by atoms with van der Waals surface area (Å²) < 4.78 is 5.89. The highest BCUT2D eigenvalue weighted by Gasteiger charge is 2.27. The molecule has 0 atom stereocenters. The molecule has 3 rings (SSSR count). The fourth-order valence-electron chi connectivity index (χ4n) is 2.45. The fourth-order valence-corrected chi connectivity index (χ4v) is 2.45. The Balaban J connectivity index is 2.13. The SMILES string of the molecule is C=CCOC1c2ccccc2-c2ccccc21. The van der Waals surface area contributed by atoms with Crippen LogP contribution in [-0.4, -0.2) is 6.61 Å². The van der Waals surface area contributed by atoms with Crippen LogP contribution in [0.1, 0.15) is 17.2 Å². The Kier molecular flexibility index (Phi) is 2.54. The van der Waals surface area contributed by atoms with Crippen molar-refractivity contribution in [3.8, 4) is 11.1 Å². The van der Waals surface area contributed by atoms with Crippen molar-refractivity contribution >= 4 is 0 Å². The molecule has 1 heteroatoms. The lowest BCUT2D eigenvalue weighted by Gasteiger charge is -2.13. The van der Waals surface area contributed by atoms with Crippen LogP contribution in [0.2, 0.25) is 0 Å². The molecule has 0 aliphatic heterocycles. The Morgan fingerprint density at radius 3 is 2.00 bits per heavy atom.